The number of esters is 1. The highest BCUT2D eigenvalue weighted by molar-refractivity contribution is 7.99. The summed E-state index contributed by atoms with van der Waals surface area (Å²) in [6.07, 6.45) is 0. The van der Waals surface area contributed by atoms with Gasteiger partial charge in [-0.3, -0.25) is 14.9 Å². The second-order valence-electron chi connectivity index (χ2n) is 4.03. The number of carbonyl (C=O) groups excluding carboxylic acids is 1. The molecular formula is C12H12N4O4S. The molecule has 21 heavy (non-hydrogen) atoms. The monoisotopic (exact) mass is 308 g/mol. The van der Waals surface area contributed by atoms with Crippen LogP contribution in [-0.4, -0.2) is 38.5 Å². The lowest BCUT2D eigenvalue weighted by molar-refractivity contribution is -0.384. The second kappa shape index (κ2) is 6.35. The largest absolute Gasteiger partial charge is 0.468 e. The molecule has 0 saturated carbocycles. The molecule has 1 aromatic carbocycles. The average Bonchev–Trinajstić information content (AvgIpc) is 2.86. The summed E-state index contributed by atoms with van der Waals surface area (Å²) in [5.74, 6) is 0.361. The van der Waals surface area contributed by atoms with Gasteiger partial charge in [0.1, 0.15) is 0 Å². The zero-order valence-electron chi connectivity index (χ0n) is 11.3. The molecule has 1 heterocycles. The number of hydrogen-bond acceptors (Lipinski definition) is 7. The van der Waals surface area contributed by atoms with Gasteiger partial charge in [-0.2, -0.15) is 0 Å². The Hall–Kier alpha value is -2.42. The van der Waals surface area contributed by atoms with Crippen LogP contribution in [0.2, 0.25) is 0 Å². The normalized spacial score (nSPS) is 10.4. The summed E-state index contributed by atoms with van der Waals surface area (Å²) in [6.45, 7) is 0. The van der Waals surface area contributed by atoms with Crippen LogP contribution in [0.5, 0.6) is 0 Å². The minimum absolute atomic E-state index is 0.0150. The zero-order chi connectivity index (χ0) is 15.4. The molecule has 0 radical (unpaired) electrons. The number of methoxy groups -OCH3 is 1. The highest BCUT2D eigenvalue weighted by Crippen LogP contribution is 2.24. The SMILES string of the molecule is COC(=O)CSc1nnc(-c2ccc([N+](=O)[O-])cc2)n1C. The minimum atomic E-state index is -0.460. The molecule has 0 aliphatic heterocycles. The number of rotatable bonds is 5. The van der Waals surface area contributed by atoms with E-state index in [1.807, 2.05) is 0 Å². The van der Waals surface area contributed by atoms with Crippen LogP contribution in [0.15, 0.2) is 29.4 Å². The van der Waals surface area contributed by atoms with E-state index >= 15 is 0 Å². The maximum atomic E-state index is 11.1. The Balaban J connectivity index is 2.19. The third kappa shape index (κ3) is 3.37. The van der Waals surface area contributed by atoms with Gasteiger partial charge < -0.3 is 9.30 Å². The van der Waals surface area contributed by atoms with Crippen LogP contribution < -0.4 is 0 Å². The fraction of sp³-hybridized carbons (Fsp3) is 0.250. The molecular weight excluding hydrogens is 296 g/mol. The van der Waals surface area contributed by atoms with Crippen molar-refractivity contribution in [2.24, 2.45) is 7.05 Å². The van der Waals surface area contributed by atoms with Gasteiger partial charge in [-0.25, -0.2) is 0 Å². The van der Waals surface area contributed by atoms with E-state index in [2.05, 4.69) is 14.9 Å². The van der Waals surface area contributed by atoms with Crippen molar-refractivity contribution in [2.45, 2.75) is 5.16 Å². The maximum Gasteiger partial charge on any atom is 0.316 e. The van der Waals surface area contributed by atoms with E-state index in [9.17, 15) is 14.9 Å². The lowest BCUT2D eigenvalue weighted by atomic mass is 10.2. The maximum absolute atomic E-state index is 11.1. The fourth-order valence-electron chi connectivity index (χ4n) is 1.61. The molecule has 0 atom stereocenters. The first-order chi connectivity index (χ1) is 10.0. The quantitative estimate of drug-likeness (QED) is 0.358. The number of nitro benzene ring substituents is 1. The van der Waals surface area contributed by atoms with Crippen molar-refractivity contribution in [1.82, 2.24) is 14.8 Å². The Labute approximate surface area is 124 Å². The lowest BCUT2D eigenvalue weighted by Crippen LogP contribution is -2.04. The Morgan fingerprint density at radius 3 is 2.62 bits per heavy atom. The van der Waals surface area contributed by atoms with Crippen LogP contribution in [0.1, 0.15) is 0 Å². The van der Waals surface area contributed by atoms with Gasteiger partial charge in [-0.05, 0) is 12.1 Å². The summed E-state index contributed by atoms with van der Waals surface area (Å²) in [7, 11) is 3.08. The van der Waals surface area contributed by atoms with Gasteiger partial charge in [0, 0.05) is 24.7 Å². The minimum Gasteiger partial charge on any atom is -0.468 e. The van der Waals surface area contributed by atoms with Gasteiger partial charge in [-0.15, -0.1) is 10.2 Å². The van der Waals surface area contributed by atoms with Gasteiger partial charge in [0.2, 0.25) is 0 Å². The zero-order valence-corrected chi connectivity index (χ0v) is 12.2. The Bertz CT molecular complexity index is 668. The number of ether oxygens (including phenoxy) is 1. The van der Waals surface area contributed by atoms with E-state index in [4.69, 9.17) is 0 Å². The van der Waals surface area contributed by atoms with E-state index in [0.29, 0.717) is 16.5 Å². The van der Waals surface area contributed by atoms with Gasteiger partial charge >= 0.3 is 5.97 Å². The van der Waals surface area contributed by atoms with Crippen molar-refractivity contribution in [3.8, 4) is 11.4 Å². The van der Waals surface area contributed by atoms with E-state index < -0.39 is 4.92 Å². The molecule has 0 N–H and O–H groups in total. The molecule has 0 spiro atoms. The molecule has 2 aromatic rings. The van der Waals surface area contributed by atoms with Crippen molar-refractivity contribution >= 4 is 23.4 Å². The van der Waals surface area contributed by atoms with Crippen molar-refractivity contribution in [3.05, 3.63) is 34.4 Å². The Morgan fingerprint density at radius 2 is 2.05 bits per heavy atom. The summed E-state index contributed by atoms with van der Waals surface area (Å²) in [4.78, 5) is 21.3. The highest BCUT2D eigenvalue weighted by Gasteiger charge is 2.14. The predicted octanol–water partition coefficient (Wildman–Crippen LogP) is 1.66. The van der Waals surface area contributed by atoms with Crippen molar-refractivity contribution < 1.29 is 14.5 Å². The van der Waals surface area contributed by atoms with Crippen LogP contribution >= 0.6 is 11.8 Å². The summed E-state index contributed by atoms with van der Waals surface area (Å²) in [6, 6.07) is 6.03. The lowest BCUT2D eigenvalue weighted by Gasteiger charge is -2.03. The molecule has 9 heteroatoms. The van der Waals surface area contributed by atoms with Crippen molar-refractivity contribution in [1.29, 1.82) is 0 Å². The van der Waals surface area contributed by atoms with Crippen molar-refractivity contribution in [3.63, 3.8) is 0 Å². The molecule has 8 nitrogen and oxygen atoms in total. The van der Waals surface area contributed by atoms with Crippen LogP contribution in [0, 0.1) is 10.1 Å². The number of hydrogen-bond donors (Lipinski definition) is 0. The smallest absolute Gasteiger partial charge is 0.316 e. The van der Waals surface area contributed by atoms with Crippen LogP contribution in [0.25, 0.3) is 11.4 Å². The Morgan fingerprint density at radius 1 is 1.38 bits per heavy atom. The standard InChI is InChI=1S/C12H12N4O4S/c1-15-11(8-3-5-9(6-4-8)16(18)19)13-14-12(15)21-7-10(17)20-2/h3-6H,7H2,1-2H3. The molecule has 0 saturated heterocycles. The summed E-state index contributed by atoms with van der Waals surface area (Å²) < 4.78 is 6.27. The summed E-state index contributed by atoms with van der Waals surface area (Å²) >= 11 is 1.21. The number of thioether (sulfide) groups is 1. The van der Waals surface area contributed by atoms with E-state index in [-0.39, 0.29) is 17.4 Å². The molecule has 0 unspecified atom stereocenters. The van der Waals surface area contributed by atoms with Crippen LogP contribution in [0.3, 0.4) is 0 Å². The van der Waals surface area contributed by atoms with Crippen molar-refractivity contribution in [2.75, 3.05) is 12.9 Å². The first-order valence-electron chi connectivity index (χ1n) is 5.86. The third-order valence-corrected chi connectivity index (χ3v) is 3.71. The molecule has 0 amide bonds. The molecule has 0 aliphatic carbocycles. The number of nitro groups is 1. The second-order valence-corrected chi connectivity index (χ2v) is 4.98. The number of nitrogens with zero attached hydrogens (tertiary/aromatic N) is 4. The number of benzene rings is 1. The highest BCUT2D eigenvalue weighted by atomic mass is 32.2. The number of carbonyl (C=O) groups is 1. The van der Waals surface area contributed by atoms with E-state index in [1.54, 1.807) is 23.7 Å². The topological polar surface area (TPSA) is 100 Å². The van der Waals surface area contributed by atoms with Crippen LogP contribution in [-0.2, 0) is 16.6 Å². The van der Waals surface area contributed by atoms with Gasteiger partial charge in [0.15, 0.2) is 11.0 Å². The third-order valence-electron chi connectivity index (χ3n) is 2.72. The molecule has 0 fully saturated rings. The van der Waals surface area contributed by atoms with Gasteiger partial charge in [0.05, 0.1) is 17.8 Å². The molecule has 110 valence electrons. The number of aromatic nitrogens is 3. The first kappa shape index (κ1) is 15.0. The summed E-state index contributed by atoms with van der Waals surface area (Å²) in [5, 5.41) is 19.2. The van der Waals surface area contributed by atoms with E-state index in [0.717, 1.165) is 0 Å². The fourth-order valence-corrected chi connectivity index (χ4v) is 2.35. The first-order valence-corrected chi connectivity index (χ1v) is 6.85. The number of non-ortho nitro benzene ring substituents is 1. The molecule has 0 aliphatic rings. The van der Waals surface area contributed by atoms with Gasteiger partial charge in [-0.1, -0.05) is 11.8 Å². The molecule has 0 bridgehead atoms. The summed E-state index contributed by atoms with van der Waals surface area (Å²) in [5.41, 5.74) is 0.724. The average molecular weight is 308 g/mol. The predicted molar refractivity (Wildman–Crippen MR) is 75.8 cm³/mol. The Kier molecular flexibility index (Phi) is 4.53. The van der Waals surface area contributed by atoms with Gasteiger partial charge in [0.25, 0.3) is 5.69 Å². The molecule has 2 rings (SSSR count). The van der Waals surface area contributed by atoms with Crippen LogP contribution in [0.4, 0.5) is 5.69 Å². The van der Waals surface area contributed by atoms with E-state index in [1.165, 1.54) is 31.0 Å². The molecule has 1 aromatic heterocycles.